The predicted molar refractivity (Wildman–Crippen MR) is 79.2 cm³/mol. The molecule has 0 spiro atoms. The maximum atomic E-state index is 12.7. The fourth-order valence-electron chi connectivity index (χ4n) is 4.03. The van der Waals surface area contributed by atoms with E-state index < -0.39 is 12.1 Å². The number of nitrogens with zero attached hydrogens (tertiary/aromatic N) is 1. The lowest BCUT2D eigenvalue weighted by Crippen LogP contribution is -2.48. The minimum Gasteiger partial charge on any atom is -0.319 e. The summed E-state index contributed by atoms with van der Waals surface area (Å²) in [5.74, 6) is -0.286. The predicted octanol–water partition coefficient (Wildman–Crippen LogP) is 3.68. The molecule has 1 aliphatic heterocycles. The lowest BCUT2D eigenvalue weighted by molar-refractivity contribution is -0.185. The van der Waals surface area contributed by atoms with Gasteiger partial charge < -0.3 is 10.2 Å². The first-order valence-electron chi connectivity index (χ1n) is 8.28. The summed E-state index contributed by atoms with van der Waals surface area (Å²) in [6.07, 6.45) is 1.45. The number of nitrogens with one attached hydrogen (secondary N) is 1. The van der Waals surface area contributed by atoms with E-state index in [4.69, 9.17) is 0 Å². The molecule has 124 valence electrons. The molecule has 2 rings (SSSR count). The van der Waals surface area contributed by atoms with Gasteiger partial charge in [0.2, 0.25) is 0 Å². The van der Waals surface area contributed by atoms with Crippen LogP contribution in [-0.2, 0) is 0 Å². The minimum atomic E-state index is -4.00. The fourth-order valence-corrected chi connectivity index (χ4v) is 4.03. The molecule has 2 nitrogen and oxygen atoms in total. The van der Waals surface area contributed by atoms with Crippen molar-refractivity contribution in [3.8, 4) is 0 Å². The summed E-state index contributed by atoms with van der Waals surface area (Å²) in [4.78, 5) is 2.27. The lowest BCUT2D eigenvalue weighted by Gasteiger charge is -2.44. The van der Waals surface area contributed by atoms with Gasteiger partial charge in [-0.05, 0) is 57.2 Å². The molecule has 0 unspecified atom stereocenters. The maximum Gasteiger partial charge on any atom is 0.391 e. The van der Waals surface area contributed by atoms with Gasteiger partial charge in [-0.25, -0.2) is 0 Å². The third kappa shape index (κ3) is 4.59. The number of likely N-dealkylation sites (tertiary alicyclic amines) is 1. The Morgan fingerprint density at radius 2 is 1.67 bits per heavy atom. The Morgan fingerprint density at radius 1 is 1.10 bits per heavy atom. The van der Waals surface area contributed by atoms with Crippen molar-refractivity contribution in [1.29, 1.82) is 0 Å². The topological polar surface area (TPSA) is 15.3 Å². The number of hydrogen-bond acceptors (Lipinski definition) is 2. The summed E-state index contributed by atoms with van der Waals surface area (Å²) in [7, 11) is 1.98. The van der Waals surface area contributed by atoms with Crippen LogP contribution >= 0.6 is 0 Å². The van der Waals surface area contributed by atoms with Crippen LogP contribution in [0.25, 0.3) is 0 Å². The summed E-state index contributed by atoms with van der Waals surface area (Å²) < 4.78 is 38.2. The summed E-state index contributed by atoms with van der Waals surface area (Å²) >= 11 is 0. The van der Waals surface area contributed by atoms with Crippen molar-refractivity contribution in [2.75, 3.05) is 33.2 Å². The van der Waals surface area contributed by atoms with Gasteiger partial charge in [0.05, 0.1) is 5.92 Å². The van der Waals surface area contributed by atoms with Gasteiger partial charge in [0.1, 0.15) is 0 Å². The number of hydrogen-bond donors (Lipinski definition) is 1. The quantitative estimate of drug-likeness (QED) is 0.852. The monoisotopic (exact) mass is 306 g/mol. The van der Waals surface area contributed by atoms with E-state index in [1.165, 1.54) is 25.7 Å². The molecule has 0 aromatic rings. The summed E-state index contributed by atoms with van der Waals surface area (Å²) in [5.41, 5.74) is 0.270. The second-order valence-electron chi connectivity index (χ2n) is 7.30. The highest BCUT2D eigenvalue weighted by Crippen LogP contribution is 2.40. The van der Waals surface area contributed by atoms with Gasteiger partial charge in [0.15, 0.2) is 0 Å². The first-order valence-corrected chi connectivity index (χ1v) is 8.28. The Balaban J connectivity index is 1.88. The Bertz CT molecular complexity index is 314. The van der Waals surface area contributed by atoms with Crippen molar-refractivity contribution in [2.45, 2.75) is 51.6 Å². The molecule has 0 amide bonds. The number of rotatable bonds is 4. The SMILES string of the molecule is CNCC1(CN2CCC(C(F)(F)F)CC2)CCC(C)CC1. The summed E-state index contributed by atoms with van der Waals surface area (Å²) in [6, 6.07) is 0. The Morgan fingerprint density at radius 3 is 2.14 bits per heavy atom. The highest BCUT2D eigenvalue weighted by atomic mass is 19.4. The highest BCUT2D eigenvalue weighted by molar-refractivity contribution is 4.90. The smallest absolute Gasteiger partial charge is 0.319 e. The molecule has 0 aromatic carbocycles. The van der Waals surface area contributed by atoms with Crippen LogP contribution in [-0.4, -0.2) is 44.3 Å². The van der Waals surface area contributed by atoms with Crippen molar-refractivity contribution in [3.63, 3.8) is 0 Å². The zero-order chi connectivity index (χ0) is 15.5. The molecule has 0 radical (unpaired) electrons. The number of alkyl halides is 3. The van der Waals surface area contributed by atoms with Gasteiger partial charge >= 0.3 is 6.18 Å². The summed E-state index contributed by atoms with van der Waals surface area (Å²) in [6.45, 7) is 5.46. The zero-order valence-electron chi connectivity index (χ0n) is 13.3. The van der Waals surface area contributed by atoms with Crippen LogP contribution in [0.1, 0.15) is 45.4 Å². The van der Waals surface area contributed by atoms with E-state index in [2.05, 4.69) is 17.1 Å². The molecular weight excluding hydrogens is 277 g/mol. The Hall–Kier alpha value is -0.290. The van der Waals surface area contributed by atoms with Crippen molar-refractivity contribution < 1.29 is 13.2 Å². The normalized spacial score (nSPS) is 33.3. The van der Waals surface area contributed by atoms with E-state index in [9.17, 15) is 13.2 Å². The third-order valence-electron chi connectivity index (χ3n) is 5.50. The van der Waals surface area contributed by atoms with Gasteiger partial charge in [-0.3, -0.25) is 0 Å². The number of piperidine rings is 1. The van der Waals surface area contributed by atoms with Crippen molar-refractivity contribution in [1.82, 2.24) is 10.2 Å². The average Bonchev–Trinajstić information content (AvgIpc) is 2.42. The van der Waals surface area contributed by atoms with E-state index in [1.54, 1.807) is 0 Å². The average molecular weight is 306 g/mol. The van der Waals surface area contributed by atoms with Crippen LogP contribution in [0.15, 0.2) is 0 Å². The Kier molecular flexibility index (Phi) is 5.58. The van der Waals surface area contributed by atoms with Crippen LogP contribution in [0.3, 0.4) is 0 Å². The maximum absolute atomic E-state index is 12.7. The largest absolute Gasteiger partial charge is 0.391 e. The number of halogens is 3. The molecule has 0 atom stereocenters. The molecule has 2 aliphatic rings. The first-order chi connectivity index (χ1) is 9.85. The van der Waals surface area contributed by atoms with Crippen molar-refractivity contribution in [3.05, 3.63) is 0 Å². The van der Waals surface area contributed by atoms with E-state index in [0.29, 0.717) is 13.1 Å². The van der Waals surface area contributed by atoms with Gasteiger partial charge in [0.25, 0.3) is 0 Å². The van der Waals surface area contributed by atoms with Crippen LogP contribution in [0.5, 0.6) is 0 Å². The molecule has 0 aromatic heterocycles. The first kappa shape index (κ1) is 17.1. The standard InChI is InChI=1S/C16H29F3N2/c1-13-3-7-15(8-4-13,11-20-2)12-21-9-5-14(6-10-21)16(17,18)19/h13-14,20H,3-12H2,1-2H3. The van der Waals surface area contributed by atoms with Gasteiger partial charge in [0, 0.05) is 13.1 Å². The summed E-state index contributed by atoms with van der Waals surface area (Å²) in [5, 5.41) is 3.31. The van der Waals surface area contributed by atoms with Gasteiger partial charge in [-0.15, -0.1) is 0 Å². The van der Waals surface area contributed by atoms with Crippen LogP contribution in [0.2, 0.25) is 0 Å². The lowest BCUT2D eigenvalue weighted by atomic mass is 9.70. The molecule has 1 N–H and O–H groups in total. The second kappa shape index (κ2) is 6.86. The van der Waals surface area contributed by atoms with E-state index in [-0.39, 0.29) is 18.3 Å². The minimum absolute atomic E-state index is 0.270. The molecule has 2 fully saturated rings. The highest BCUT2D eigenvalue weighted by Gasteiger charge is 2.42. The third-order valence-corrected chi connectivity index (χ3v) is 5.50. The van der Waals surface area contributed by atoms with Crippen molar-refractivity contribution in [2.24, 2.45) is 17.3 Å². The molecule has 1 heterocycles. The van der Waals surface area contributed by atoms with Gasteiger partial charge in [-0.2, -0.15) is 13.2 Å². The van der Waals surface area contributed by atoms with Crippen LogP contribution in [0.4, 0.5) is 13.2 Å². The van der Waals surface area contributed by atoms with E-state index in [1.807, 2.05) is 7.05 Å². The molecule has 1 aliphatic carbocycles. The van der Waals surface area contributed by atoms with Crippen molar-refractivity contribution >= 4 is 0 Å². The van der Waals surface area contributed by atoms with Crippen LogP contribution < -0.4 is 5.32 Å². The van der Waals surface area contributed by atoms with E-state index >= 15 is 0 Å². The van der Waals surface area contributed by atoms with Gasteiger partial charge in [-0.1, -0.05) is 19.8 Å². The molecular formula is C16H29F3N2. The molecule has 0 bridgehead atoms. The molecule has 1 saturated carbocycles. The molecule has 21 heavy (non-hydrogen) atoms. The molecule has 5 heteroatoms. The zero-order valence-corrected chi connectivity index (χ0v) is 13.3. The van der Waals surface area contributed by atoms with Crippen LogP contribution in [0, 0.1) is 17.3 Å². The fraction of sp³-hybridized carbons (Fsp3) is 1.00. The van der Waals surface area contributed by atoms with E-state index in [0.717, 1.165) is 19.0 Å². The molecule has 1 saturated heterocycles. The second-order valence-corrected chi connectivity index (χ2v) is 7.30. The Labute approximate surface area is 126 Å².